The lowest BCUT2D eigenvalue weighted by atomic mass is 10.2. The number of carbonyl (C=O) groups is 1. The summed E-state index contributed by atoms with van der Waals surface area (Å²) < 4.78 is 0. The smallest absolute Gasteiger partial charge is 0.292 e. The Morgan fingerprint density at radius 3 is 2.83 bits per heavy atom. The summed E-state index contributed by atoms with van der Waals surface area (Å²) in [5, 5.41) is 24.7. The van der Waals surface area contributed by atoms with E-state index >= 15 is 0 Å². The number of amides is 1. The minimum Gasteiger partial charge on any atom is -0.379 e. The molecule has 1 amide bonds. The van der Waals surface area contributed by atoms with E-state index in [1.807, 2.05) is 6.07 Å². The highest BCUT2D eigenvalue weighted by molar-refractivity contribution is 5.76. The van der Waals surface area contributed by atoms with Gasteiger partial charge < -0.3 is 10.6 Å². The number of nitro groups is 1. The van der Waals surface area contributed by atoms with Gasteiger partial charge in [-0.3, -0.25) is 14.9 Å². The van der Waals surface area contributed by atoms with Crippen LogP contribution in [-0.2, 0) is 4.79 Å². The van der Waals surface area contributed by atoms with E-state index in [1.54, 1.807) is 0 Å². The fourth-order valence-corrected chi connectivity index (χ4v) is 1.34. The third-order valence-corrected chi connectivity index (χ3v) is 2.27. The first-order valence-corrected chi connectivity index (χ1v) is 5.21. The average molecular weight is 248 g/mol. The fraction of sp³-hybridized carbons (Fsp3) is 0.273. The molecule has 0 aliphatic carbocycles. The van der Waals surface area contributed by atoms with Gasteiger partial charge in [-0.2, -0.15) is 5.26 Å². The second kappa shape index (κ2) is 6.20. The second-order valence-electron chi connectivity index (χ2n) is 3.45. The van der Waals surface area contributed by atoms with Crippen molar-refractivity contribution in [3.05, 3.63) is 33.9 Å². The zero-order chi connectivity index (χ0) is 13.5. The van der Waals surface area contributed by atoms with Crippen LogP contribution in [0.3, 0.4) is 0 Å². The Labute approximate surface area is 104 Å². The van der Waals surface area contributed by atoms with Gasteiger partial charge in [0.1, 0.15) is 5.69 Å². The van der Waals surface area contributed by atoms with Crippen LogP contribution < -0.4 is 10.6 Å². The average Bonchev–Trinajstić information content (AvgIpc) is 2.37. The number of benzene rings is 1. The Morgan fingerprint density at radius 1 is 1.56 bits per heavy atom. The molecule has 1 aromatic rings. The molecule has 2 N–H and O–H groups in total. The van der Waals surface area contributed by atoms with Gasteiger partial charge in [-0.1, -0.05) is 0 Å². The van der Waals surface area contributed by atoms with Crippen LogP contribution in [0.15, 0.2) is 18.2 Å². The van der Waals surface area contributed by atoms with Gasteiger partial charge in [0.15, 0.2) is 0 Å². The Bertz CT molecular complexity index is 508. The molecule has 0 aliphatic rings. The summed E-state index contributed by atoms with van der Waals surface area (Å²) in [6.45, 7) is 0.259. The van der Waals surface area contributed by atoms with E-state index in [9.17, 15) is 14.9 Å². The summed E-state index contributed by atoms with van der Waals surface area (Å²) in [6, 6.07) is 5.93. The molecule has 0 aliphatic heterocycles. The molecule has 94 valence electrons. The van der Waals surface area contributed by atoms with Gasteiger partial charge in [-0.15, -0.1) is 0 Å². The van der Waals surface area contributed by atoms with Crippen molar-refractivity contribution in [2.24, 2.45) is 0 Å². The largest absolute Gasteiger partial charge is 0.379 e. The van der Waals surface area contributed by atoms with Gasteiger partial charge in [0, 0.05) is 26.1 Å². The third kappa shape index (κ3) is 3.45. The van der Waals surface area contributed by atoms with Crippen LogP contribution >= 0.6 is 0 Å². The number of nitriles is 1. The molecule has 0 unspecified atom stereocenters. The van der Waals surface area contributed by atoms with Crippen LogP contribution in [0.25, 0.3) is 0 Å². The van der Waals surface area contributed by atoms with E-state index in [4.69, 9.17) is 5.26 Å². The number of anilines is 1. The molecular formula is C11H12N4O3. The summed E-state index contributed by atoms with van der Waals surface area (Å²) in [6.07, 6.45) is 0.199. The van der Waals surface area contributed by atoms with Gasteiger partial charge in [0.2, 0.25) is 5.91 Å². The van der Waals surface area contributed by atoms with Gasteiger partial charge in [0.05, 0.1) is 16.6 Å². The molecule has 1 rings (SSSR count). The zero-order valence-corrected chi connectivity index (χ0v) is 9.77. The standard InChI is InChI=1S/C11H12N4O3/c1-13-11(16)4-5-14-9-6-8(7-12)2-3-10(9)15(17)18/h2-3,6,14H,4-5H2,1H3,(H,13,16). The Morgan fingerprint density at radius 2 is 2.28 bits per heavy atom. The Kier molecular flexibility index (Phi) is 4.63. The molecular weight excluding hydrogens is 236 g/mol. The van der Waals surface area contributed by atoms with Crippen LogP contribution in [0.1, 0.15) is 12.0 Å². The number of rotatable bonds is 5. The number of hydrogen-bond acceptors (Lipinski definition) is 5. The molecule has 0 saturated carbocycles. The van der Waals surface area contributed by atoms with Crippen molar-refractivity contribution >= 4 is 17.3 Å². The molecule has 18 heavy (non-hydrogen) atoms. The normalized spacial score (nSPS) is 9.33. The highest BCUT2D eigenvalue weighted by atomic mass is 16.6. The summed E-state index contributed by atoms with van der Waals surface area (Å²) >= 11 is 0. The zero-order valence-electron chi connectivity index (χ0n) is 9.77. The molecule has 0 heterocycles. The predicted octanol–water partition coefficient (Wildman–Crippen LogP) is 1.01. The first kappa shape index (κ1) is 13.4. The summed E-state index contributed by atoms with van der Waals surface area (Å²) in [4.78, 5) is 21.2. The first-order valence-electron chi connectivity index (χ1n) is 5.21. The molecule has 0 radical (unpaired) electrons. The maximum absolute atomic E-state index is 11.0. The Hall–Kier alpha value is -2.62. The number of carbonyl (C=O) groups excluding carboxylic acids is 1. The molecule has 0 spiro atoms. The van der Waals surface area contributed by atoms with Crippen LogP contribution in [0.4, 0.5) is 11.4 Å². The third-order valence-electron chi connectivity index (χ3n) is 2.27. The lowest BCUT2D eigenvalue weighted by Crippen LogP contribution is -2.21. The van der Waals surface area contributed by atoms with Gasteiger partial charge in [-0.05, 0) is 12.1 Å². The number of nitrogens with one attached hydrogen (secondary N) is 2. The molecule has 0 bridgehead atoms. The quantitative estimate of drug-likeness (QED) is 0.597. The predicted molar refractivity (Wildman–Crippen MR) is 65.0 cm³/mol. The lowest BCUT2D eigenvalue weighted by Gasteiger charge is -2.06. The number of nitro benzene ring substituents is 1. The molecule has 7 heteroatoms. The van der Waals surface area contributed by atoms with Crippen LogP contribution in [-0.4, -0.2) is 24.4 Å². The van der Waals surface area contributed by atoms with Crippen molar-refractivity contribution < 1.29 is 9.72 Å². The molecule has 7 nitrogen and oxygen atoms in total. The maximum atomic E-state index is 11.0. The van der Waals surface area contributed by atoms with Gasteiger partial charge in [0.25, 0.3) is 5.69 Å². The van der Waals surface area contributed by atoms with E-state index in [-0.39, 0.29) is 30.2 Å². The molecule has 0 saturated heterocycles. The second-order valence-corrected chi connectivity index (χ2v) is 3.45. The summed E-state index contributed by atoms with van der Waals surface area (Å²) in [5.74, 6) is -0.165. The van der Waals surface area contributed by atoms with Crippen molar-refractivity contribution in [1.29, 1.82) is 5.26 Å². The van der Waals surface area contributed by atoms with Crippen molar-refractivity contribution in [2.75, 3.05) is 18.9 Å². The van der Waals surface area contributed by atoms with E-state index in [2.05, 4.69) is 10.6 Å². The van der Waals surface area contributed by atoms with E-state index < -0.39 is 4.92 Å². The number of hydrogen-bond donors (Lipinski definition) is 2. The molecule has 1 aromatic carbocycles. The molecule has 0 atom stereocenters. The lowest BCUT2D eigenvalue weighted by molar-refractivity contribution is -0.384. The van der Waals surface area contributed by atoms with Crippen molar-refractivity contribution in [3.8, 4) is 6.07 Å². The van der Waals surface area contributed by atoms with Crippen molar-refractivity contribution in [1.82, 2.24) is 5.32 Å². The van der Waals surface area contributed by atoms with Gasteiger partial charge in [-0.25, -0.2) is 0 Å². The molecule has 0 aromatic heterocycles. The highest BCUT2D eigenvalue weighted by Gasteiger charge is 2.14. The summed E-state index contributed by atoms with van der Waals surface area (Å²) in [5.41, 5.74) is 0.442. The highest BCUT2D eigenvalue weighted by Crippen LogP contribution is 2.25. The Balaban J connectivity index is 2.82. The minimum absolute atomic E-state index is 0.120. The van der Waals surface area contributed by atoms with E-state index in [0.717, 1.165) is 0 Å². The van der Waals surface area contributed by atoms with Gasteiger partial charge >= 0.3 is 0 Å². The van der Waals surface area contributed by atoms with E-state index in [0.29, 0.717) is 5.56 Å². The number of nitrogens with zero attached hydrogens (tertiary/aromatic N) is 2. The van der Waals surface area contributed by atoms with Crippen LogP contribution in [0.5, 0.6) is 0 Å². The minimum atomic E-state index is -0.538. The van der Waals surface area contributed by atoms with E-state index in [1.165, 1.54) is 25.2 Å². The van der Waals surface area contributed by atoms with Crippen LogP contribution in [0.2, 0.25) is 0 Å². The first-order chi connectivity index (χ1) is 8.58. The van der Waals surface area contributed by atoms with Crippen molar-refractivity contribution in [3.63, 3.8) is 0 Å². The monoisotopic (exact) mass is 248 g/mol. The summed E-state index contributed by atoms with van der Waals surface area (Å²) in [7, 11) is 1.51. The SMILES string of the molecule is CNC(=O)CCNc1cc(C#N)ccc1[N+](=O)[O-]. The topological polar surface area (TPSA) is 108 Å². The fourth-order valence-electron chi connectivity index (χ4n) is 1.34. The van der Waals surface area contributed by atoms with Crippen molar-refractivity contribution in [2.45, 2.75) is 6.42 Å². The van der Waals surface area contributed by atoms with Crippen LogP contribution in [0, 0.1) is 21.4 Å². The molecule has 0 fully saturated rings. The maximum Gasteiger partial charge on any atom is 0.292 e.